The maximum atomic E-state index is 9.37. The first-order valence-electron chi connectivity index (χ1n) is 6.31. The molecule has 0 bridgehead atoms. The van der Waals surface area contributed by atoms with Gasteiger partial charge in [0.25, 0.3) is 0 Å². The molecule has 0 spiro atoms. The van der Waals surface area contributed by atoms with Crippen LogP contribution in [0.4, 0.5) is 0 Å². The molecule has 94 valence electrons. The van der Waals surface area contributed by atoms with E-state index in [4.69, 9.17) is 0 Å². The van der Waals surface area contributed by atoms with Crippen LogP contribution in [0.5, 0.6) is 0 Å². The minimum Gasteiger partial charge on any atom is -0.392 e. The molecule has 2 rings (SSSR count). The molecule has 0 radical (unpaired) electrons. The summed E-state index contributed by atoms with van der Waals surface area (Å²) in [5.74, 6) is 0.688. The van der Waals surface area contributed by atoms with Gasteiger partial charge in [0.2, 0.25) is 0 Å². The van der Waals surface area contributed by atoms with Crippen molar-refractivity contribution in [2.45, 2.75) is 31.8 Å². The van der Waals surface area contributed by atoms with Crippen molar-refractivity contribution in [1.82, 2.24) is 4.90 Å². The fourth-order valence-corrected chi connectivity index (χ4v) is 2.82. The number of nitrogens with zero attached hydrogens (tertiary/aromatic N) is 1. The highest BCUT2D eigenvalue weighted by atomic mass is 79.9. The Morgan fingerprint density at radius 3 is 2.41 bits per heavy atom. The first-order chi connectivity index (χ1) is 8.15. The molecule has 1 fully saturated rings. The summed E-state index contributed by atoms with van der Waals surface area (Å²) in [5.41, 5.74) is 1.45. The SMILES string of the molecule is CC(O)CN1CCC(c2ccc(Br)cc2)CC1. The number of halogens is 1. The summed E-state index contributed by atoms with van der Waals surface area (Å²) < 4.78 is 1.15. The highest BCUT2D eigenvalue weighted by Crippen LogP contribution is 2.28. The number of piperidine rings is 1. The van der Waals surface area contributed by atoms with E-state index in [1.807, 2.05) is 6.92 Å². The molecule has 1 N–H and O–H groups in total. The molecule has 0 aromatic heterocycles. The molecule has 2 nitrogen and oxygen atoms in total. The number of aliphatic hydroxyl groups excluding tert-OH is 1. The highest BCUT2D eigenvalue weighted by Gasteiger charge is 2.20. The van der Waals surface area contributed by atoms with Crippen LogP contribution in [-0.2, 0) is 0 Å². The molecule has 1 unspecified atom stereocenters. The summed E-state index contributed by atoms with van der Waals surface area (Å²) in [6, 6.07) is 8.69. The van der Waals surface area contributed by atoms with Gasteiger partial charge < -0.3 is 10.0 Å². The predicted molar refractivity (Wildman–Crippen MR) is 74.2 cm³/mol. The second kappa shape index (κ2) is 5.98. The molecule has 0 saturated carbocycles. The van der Waals surface area contributed by atoms with Gasteiger partial charge in [-0.05, 0) is 56.5 Å². The van der Waals surface area contributed by atoms with Gasteiger partial charge in [-0.3, -0.25) is 0 Å². The van der Waals surface area contributed by atoms with Gasteiger partial charge in [0.05, 0.1) is 6.10 Å². The van der Waals surface area contributed by atoms with Crippen LogP contribution in [0.15, 0.2) is 28.7 Å². The lowest BCUT2D eigenvalue weighted by Gasteiger charge is -2.32. The van der Waals surface area contributed by atoms with E-state index in [1.165, 1.54) is 18.4 Å². The molecule has 1 aliphatic heterocycles. The second-order valence-corrected chi connectivity index (χ2v) is 5.89. The van der Waals surface area contributed by atoms with Crippen LogP contribution in [0.1, 0.15) is 31.2 Å². The van der Waals surface area contributed by atoms with Gasteiger partial charge in [-0.15, -0.1) is 0 Å². The van der Waals surface area contributed by atoms with E-state index in [2.05, 4.69) is 45.1 Å². The molecule has 1 aliphatic rings. The van der Waals surface area contributed by atoms with Gasteiger partial charge >= 0.3 is 0 Å². The zero-order valence-corrected chi connectivity index (χ0v) is 11.9. The van der Waals surface area contributed by atoms with Crippen LogP contribution >= 0.6 is 15.9 Å². The molecular weight excluding hydrogens is 278 g/mol. The lowest BCUT2D eigenvalue weighted by atomic mass is 9.89. The number of hydrogen-bond acceptors (Lipinski definition) is 2. The molecule has 0 aliphatic carbocycles. The number of rotatable bonds is 3. The summed E-state index contributed by atoms with van der Waals surface area (Å²) in [6.45, 7) is 4.88. The summed E-state index contributed by atoms with van der Waals surface area (Å²) in [5, 5.41) is 9.37. The highest BCUT2D eigenvalue weighted by molar-refractivity contribution is 9.10. The molecule has 17 heavy (non-hydrogen) atoms. The van der Waals surface area contributed by atoms with Crippen LogP contribution in [0, 0.1) is 0 Å². The normalized spacial score (nSPS) is 20.4. The molecule has 1 saturated heterocycles. The lowest BCUT2D eigenvalue weighted by molar-refractivity contribution is 0.109. The average molecular weight is 298 g/mol. The molecule has 3 heteroatoms. The Bertz CT molecular complexity index is 342. The average Bonchev–Trinajstić information content (AvgIpc) is 2.30. The molecular formula is C14H20BrNO. The molecule has 0 amide bonds. The fraction of sp³-hybridized carbons (Fsp3) is 0.571. The molecule has 1 atom stereocenters. The van der Waals surface area contributed by atoms with Crippen LogP contribution < -0.4 is 0 Å². The Kier molecular flexibility index (Phi) is 4.60. The maximum absolute atomic E-state index is 9.37. The van der Waals surface area contributed by atoms with Gasteiger partial charge in [0.1, 0.15) is 0 Å². The molecule has 1 aromatic rings. The number of likely N-dealkylation sites (tertiary alicyclic amines) is 1. The second-order valence-electron chi connectivity index (χ2n) is 4.98. The van der Waals surface area contributed by atoms with Crippen molar-refractivity contribution in [2.24, 2.45) is 0 Å². The Balaban J connectivity index is 1.88. The summed E-state index contributed by atoms with van der Waals surface area (Å²) in [4.78, 5) is 2.36. The van der Waals surface area contributed by atoms with Crippen LogP contribution in [0.3, 0.4) is 0 Å². The van der Waals surface area contributed by atoms with Crippen LogP contribution in [0.25, 0.3) is 0 Å². The first-order valence-corrected chi connectivity index (χ1v) is 7.10. The third kappa shape index (κ3) is 3.80. The van der Waals surface area contributed by atoms with E-state index in [1.54, 1.807) is 0 Å². The van der Waals surface area contributed by atoms with E-state index in [0.717, 1.165) is 24.1 Å². The fourth-order valence-electron chi connectivity index (χ4n) is 2.56. The van der Waals surface area contributed by atoms with Gasteiger partial charge in [-0.25, -0.2) is 0 Å². The number of β-amino-alcohol motifs (C(OH)–C–C–N with tert-alkyl or cyclic N) is 1. The third-order valence-corrected chi connectivity index (χ3v) is 3.98. The van der Waals surface area contributed by atoms with E-state index >= 15 is 0 Å². The van der Waals surface area contributed by atoms with Crippen molar-refractivity contribution < 1.29 is 5.11 Å². The van der Waals surface area contributed by atoms with E-state index in [-0.39, 0.29) is 6.10 Å². The summed E-state index contributed by atoms with van der Waals surface area (Å²) in [7, 11) is 0. The van der Waals surface area contributed by atoms with Crippen molar-refractivity contribution in [3.63, 3.8) is 0 Å². The van der Waals surface area contributed by atoms with Crippen molar-refractivity contribution in [3.05, 3.63) is 34.3 Å². The Morgan fingerprint density at radius 2 is 1.88 bits per heavy atom. The Labute approximate surface area is 112 Å². The molecule has 1 aromatic carbocycles. The Morgan fingerprint density at radius 1 is 1.29 bits per heavy atom. The van der Waals surface area contributed by atoms with E-state index in [0.29, 0.717) is 5.92 Å². The third-order valence-electron chi connectivity index (χ3n) is 3.45. The molecule has 1 heterocycles. The van der Waals surface area contributed by atoms with Crippen molar-refractivity contribution in [3.8, 4) is 0 Å². The largest absolute Gasteiger partial charge is 0.392 e. The minimum absolute atomic E-state index is 0.209. The van der Waals surface area contributed by atoms with Crippen LogP contribution in [0.2, 0.25) is 0 Å². The number of benzene rings is 1. The topological polar surface area (TPSA) is 23.5 Å². The van der Waals surface area contributed by atoms with Gasteiger partial charge in [0.15, 0.2) is 0 Å². The van der Waals surface area contributed by atoms with Crippen LogP contribution in [-0.4, -0.2) is 35.7 Å². The Hall–Kier alpha value is -0.380. The van der Waals surface area contributed by atoms with Crippen molar-refractivity contribution in [2.75, 3.05) is 19.6 Å². The minimum atomic E-state index is -0.209. The summed E-state index contributed by atoms with van der Waals surface area (Å²) in [6.07, 6.45) is 2.20. The van der Waals surface area contributed by atoms with Crippen molar-refractivity contribution >= 4 is 15.9 Å². The lowest BCUT2D eigenvalue weighted by Crippen LogP contribution is -2.37. The first kappa shape index (κ1) is 13.1. The zero-order valence-electron chi connectivity index (χ0n) is 10.3. The van der Waals surface area contributed by atoms with E-state index in [9.17, 15) is 5.11 Å². The van der Waals surface area contributed by atoms with Gasteiger partial charge in [-0.1, -0.05) is 28.1 Å². The number of aliphatic hydroxyl groups is 1. The van der Waals surface area contributed by atoms with E-state index < -0.39 is 0 Å². The predicted octanol–water partition coefficient (Wildman–Crippen LogP) is 3.01. The van der Waals surface area contributed by atoms with Crippen molar-refractivity contribution in [1.29, 1.82) is 0 Å². The zero-order chi connectivity index (χ0) is 12.3. The summed E-state index contributed by atoms with van der Waals surface area (Å²) >= 11 is 3.47. The standard InChI is InChI=1S/C14H20BrNO/c1-11(17)10-16-8-6-13(7-9-16)12-2-4-14(15)5-3-12/h2-5,11,13,17H,6-10H2,1H3. The maximum Gasteiger partial charge on any atom is 0.0639 e. The van der Waals surface area contributed by atoms with Gasteiger partial charge in [0, 0.05) is 11.0 Å². The smallest absolute Gasteiger partial charge is 0.0639 e. The van der Waals surface area contributed by atoms with Gasteiger partial charge in [-0.2, -0.15) is 0 Å². The monoisotopic (exact) mass is 297 g/mol. The quantitative estimate of drug-likeness (QED) is 0.927. The number of hydrogen-bond donors (Lipinski definition) is 1.